The Labute approximate surface area is 98.5 Å². The summed E-state index contributed by atoms with van der Waals surface area (Å²) in [6.07, 6.45) is 0. The summed E-state index contributed by atoms with van der Waals surface area (Å²) < 4.78 is 0. The van der Waals surface area contributed by atoms with Crippen LogP contribution in [0.15, 0.2) is 40.6 Å². The van der Waals surface area contributed by atoms with Crippen molar-refractivity contribution < 1.29 is 15.2 Å². The molecule has 1 amide bonds. The van der Waals surface area contributed by atoms with Crippen molar-refractivity contribution in [1.82, 2.24) is 0 Å². The minimum Gasteiger partial charge on any atom is -0.411 e. The van der Waals surface area contributed by atoms with E-state index in [9.17, 15) is 4.79 Å². The Morgan fingerprint density at radius 2 is 1.76 bits per heavy atom. The summed E-state index contributed by atoms with van der Waals surface area (Å²) in [5.74, 6) is -0.561. The summed E-state index contributed by atoms with van der Waals surface area (Å²) in [5.41, 5.74) is 0.281. The van der Waals surface area contributed by atoms with E-state index in [0.717, 1.165) is 0 Å². The summed E-state index contributed by atoms with van der Waals surface area (Å²) >= 11 is 0. The van der Waals surface area contributed by atoms with Gasteiger partial charge in [0.25, 0.3) is 5.91 Å². The van der Waals surface area contributed by atoms with E-state index < -0.39 is 5.91 Å². The molecule has 17 heavy (non-hydrogen) atoms. The monoisotopic (exact) mass is 235 g/mol. The van der Waals surface area contributed by atoms with Gasteiger partial charge in [0.05, 0.1) is 0 Å². The predicted molar refractivity (Wildman–Crippen MR) is 64.0 cm³/mol. The predicted octanol–water partition coefficient (Wildman–Crippen LogP) is 1.33. The maximum Gasteiger partial charge on any atom is 0.282 e. The molecule has 0 bridgehead atoms. The van der Waals surface area contributed by atoms with Gasteiger partial charge in [-0.25, -0.2) is 0 Å². The third-order valence-corrected chi connectivity index (χ3v) is 2.24. The molecule has 0 aliphatic carbocycles. The summed E-state index contributed by atoms with van der Waals surface area (Å²) in [7, 11) is 1.54. The van der Waals surface area contributed by atoms with Crippen LogP contribution < -0.4 is 4.90 Å². The molecule has 1 aromatic rings. The number of para-hydroxylation sites is 1. The minimum atomic E-state index is -0.561. The first-order valence-electron chi connectivity index (χ1n) is 4.86. The van der Waals surface area contributed by atoms with Crippen LogP contribution in [-0.4, -0.2) is 34.8 Å². The zero-order valence-corrected chi connectivity index (χ0v) is 9.53. The third kappa shape index (κ3) is 2.81. The maximum absolute atomic E-state index is 11.9. The standard InChI is InChI=1S/C11H13N3O3/c1-8(12-16)10(13-17)11(15)14(2)9-6-4-3-5-7-9/h3-7,16-17H,1-2H3/b12-8-,13-10+. The van der Waals surface area contributed by atoms with E-state index in [2.05, 4.69) is 10.3 Å². The van der Waals surface area contributed by atoms with Gasteiger partial charge in [0.2, 0.25) is 0 Å². The lowest BCUT2D eigenvalue weighted by atomic mass is 10.2. The molecular weight excluding hydrogens is 222 g/mol. The molecule has 0 fully saturated rings. The minimum absolute atomic E-state index is 0.0553. The molecule has 2 N–H and O–H groups in total. The SMILES string of the molecule is CC(=N/O)/C(=N\O)C(=O)N(C)c1ccccc1. The number of carbonyl (C=O) groups excluding carboxylic acids is 1. The molecule has 1 aromatic carbocycles. The first kappa shape index (κ1) is 12.7. The molecule has 0 atom stereocenters. The van der Waals surface area contributed by atoms with E-state index in [1.165, 1.54) is 18.9 Å². The van der Waals surface area contributed by atoms with Gasteiger partial charge in [-0.15, -0.1) is 0 Å². The number of oxime groups is 2. The van der Waals surface area contributed by atoms with Crippen molar-refractivity contribution in [3.8, 4) is 0 Å². The number of hydrogen-bond acceptors (Lipinski definition) is 5. The van der Waals surface area contributed by atoms with Crippen LogP contribution in [0.1, 0.15) is 6.92 Å². The Morgan fingerprint density at radius 3 is 2.24 bits per heavy atom. The Bertz CT molecular complexity index is 454. The molecule has 90 valence electrons. The molecule has 0 aromatic heterocycles. The number of carbonyl (C=O) groups is 1. The van der Waals surface area contributed by atoms with Crippen molar-refractivity contribution in [3.63, 3.8) is 0 Å². The second kappa shape index (κ2) is 5.64. The average molecular weight is 235 g/mol. The molecule has 0 heterocycles. The summed E-state index contributed by atoms with van der Waals surface area (Å²) in [4.78, 5) is 13.2. The Hall–Kier alpha value is -2.37. The van der Waals surface area contributed by atoms with Crippen molar-refractivity contribution in [2.75, 3.05) is 11.9 Å². The zero-order valence-electron chi connectivity index (χ0n) is 9.53. The number of hydrogen-bond donors (Lipinski definition) is 2. The molecule has 1 rings (SSSR count). The topological polar surface area (TPSA) is 85.5 Å². The fourth-order valence-electron chi connectivity index (χ4n) is 1.24. The third-order valence-electron chi connectivity index (χ3n) is 2.24. The highest BCUT2D eigenvalue weighted by Crippen LogP contribution is 2.11. The van der Waals surface area contributed by atoms with Crippen LogP contribution in [0.4, 0.5) is 5.69 Å². The Kier molecular flexibility index (Phi) is 4.21. The molecule has 0 aliphatic rings. The Morgan fingerprint density at radius 1 is 1.18 bits per heavy atom. The number of benzene rings is 1. The average Bonchev–Trinajstić information content (AvgIpc) is 2.39. The van der Waals surface area contributed by atoms with E-state index in [1.54, 1.807) is 24.3 Å². The van der Waals surface area contributed by atoms with Crippen LogP contribution in [0.25, 0.3) is 0 Å². The number of nitrogens with zero attached hydrogens (tertiary/aromatic N) is 3. The number of amides is 1. The molecule has 0 aliphatic heterocycles. The lowest BCUT2D eigenvalue weighted by Crippen LogP contribution is -2.36. The van der Waals surface area contributed by atoms with Gasteiger partial charge in [-0.05, 0) is 19.1 Å². The smallest absolute Gasteiger partial charge is 0.282 e. The fourth-order valence-corrected chi connectivity index (χ4v) is 1.24. The molecule has 6 nitrogen and oxygen atoms in total. The van der Waals surface area contributed by atoms with Crippen LogP contribution >= 0.6 is 0 Å². The van der Waals surface area contributed by atoms with Gasteiger partial charge in [0, 0.05) is 12.7 Å². The summed E-state index contributed by atoms with van der Waals surface area (Å²) in [6.45, 7) is 1.37. The van der Waals surface area contributed by atoms with E-state index >= 15 is 0 Å². The van der Waals surface area contributed by atoms with Gasteiger partial charge in [-0.1, -0.05) is 28.5 Å². The maximum atomic E-state index is 11.9. The lowest BCUT2D eigenvalue weighted by Gasteiger charge is -2.17. The zero-order chi connectivity index (χ0) is 12.8. The first-order chi connectivity index (χ1) is 8.11. The normalized spacial score (nSPS) is 12.4. The molecule has 0 spiro atoms. The number of rotatable bonds is 3. The van der Waals surface area contributed by atoms with E-state index in [0.29, 0.717) is 5.69 Å². The molecule has 0 saturated carbocycles. The van der Waals surface area contributed by atoms with Gasteiger partial charge in [0.15, 0.2) is 5.71 Å². The summed E-state index contributed by atoms with van der Waals surface area (Å²) in [6, 6.07) is 8.85. The van der Waals surface area contributed by atoms with Gasteiger partial charge < -0.3 is 15.3 Å². The van der Waals surface area contributed by atoms with E-state index in [4.69, 9.17) is 10.4 Å². The van der Waals surface area contributed by atoms with Crippen LogP contribution in [0.2, 0.25) is 0 Å². The quantitative estimate of drug-likeness (QED) is 0.471. The van der Waals surface area contributed by atoms with E-state index in [-0.39, 0.29) is 11.4 Å². The van der Waals surface area contributed by atoms with Gasteiger partial charge in [-0.2, -0.15) is 0 Å². The summed E-state index contributed by atoms with van der Waals surface area (Å²) in [5, 5.41) is 23.0. The van der Waals surface area contributed by atoms with Crippen molar-refractivity contribution in [2.24, 2.45) is 10.3 Å². The van der Waals surface area contributed by atoms with Crippen molar-refractivity contribution >= 4 is 23.0 Å². The fraction of sp³-hybridized carbons (Fsp3) is 0.182. The van der Waals surface area contributed by atoms with Gasteiger partial charge in [-0.3, -0.25) is 4.79 Å². The highest BCUT2D eigenvalue weighted by atomic mass is 16.4. The van der Waals surface area contributed by atoms with Crippen molar-refractivity contribution in [1.29, 1.82) is 0 Å². The van der Waals surface area contributed by atoms with Crippen LogP contribution in [0.5, 0.6) is 0 Å². The van der Waals surface area contributed by atoms with Crippen LogP contribution in [0.3, 0.4) is 0 Å². The molecule has 0 radical (unpaired) electrons. The van der Waals surface area contributed by atoms with Crippen LogP contribution in [0, 0.1) is 0 Å². The first-order valence-corrected chi connectivity index (χ1v) is 4.86. The Balaban J connectivity index is 2.98. The van der Waals surface area contributed by atoms with Gasteiger partial charge >= 0.3 is 0 Å². The number of anilines is 1. The lowest BCUT2D eigenvalue weighted by molar-refractivity contribution is -0.112. The van der Waals surface area contributed by atoms with E-state index in [1.807, 2.05) is 6.07 Å². The largest absolute Gasteiger partial charge is 0.411 e. The highest BCUT2D eigenvalue weighted by molar-refractivity contribution is 6.68. The molecular formula is C11H13N3O3. The van der Waals surface area contributed by atoms with Gasteiger partial charge in [0.1, 0.15) is 5.71 Å². The van der Waals surface area contributed by atoms with Crippen LogP contribution in [-0.2, 0) is 4.79 Å². The molecule has 0 unspecified atom stereocenters. The second-order valence-electron chi connectivity index (χ2n) is 3.33. The molecule has 6 heteroatoms. The molecule has 0 saturated heterocycles. The van der Waals surface area contributed by atoms with Crippen molar-refractivity contribution in [2.45, 2.75) is 6.92 Å². The second-order valence-corrected chi connectivity index (χ2v) is 3.33. The highest BCUT2D eigenvalue weighted by Gasteiger charge is 2.21. The van der Waals surface area contributed by atoms with Crippen molar-refractivity contribution in [3.05, 3.63) is 30.3 Å².